The van der Waals surface area contributed by atoms with Gasteiger partial charge < -0.3 is 0 Å². The van der Waals surface area contributed by atoms with Gasteiger partial charge in [0.15, 0.2) is 0 Å². The Morgan fingerprint density at radius 1 is 0.767 bits per heavy atom. The molecule has 0 amide bonds. The Hall–Kier alpha value is -1.70. The summed E-state index contributed by atoms with van der Waals surface area (Å²) in [6, 6.07) is 27.7. The molecular weight excluding hydrogens is 659 g/mol. The minimum atomic E-state index is -3.98. The fourth-order valence-corrected chi connectivity index (χ4v) is 24.3. The molecule has 0 N–H and O–H groups in total. The molecule has 1 atom stereocenters. The fraction of sp³-hybridized carbons (Fsp3) is 0.333. The van der Waals surface area contributed by atoms with Gasteiger partial charge in [0.2, 0.25) is 0 Å². The predicted octanol–water partition coefficient (Wildman–Crippen LogP) is 9.42. The quantitative estimate of drug-likeness (QED) is 0.164. The number of benzene rings is 4. The summed E-state index contributed by atoms with van der Waals surface area (Å²) in [5, 5.41) is 2.99. The van der Waals surface area contributed by atoms with Gasteiger partial charge in [-0.1, -0.05) is 0 Å². The second-order valence-electron chi connectivity index (χ2n) is 15.1. The van der Waals surface area contributed by atoms with E-state index in [-0.39, 0.29) is 14.5 Å². The summed E-state index contributed by atoms with van der Waals surface area (Å²) < 4.78 is 1.38. The molecule has 0 fully saturated rings. The third kappa shape index (κ3) is 5.43. The van der Waals surface area contributed by atoms with Crippen molar-refractivity contribution in [2.24, 2.45) is 0 Å². The molecule has 1 unspecified atom stereocenters. The summed E-state index contributed by atoms with van der Waals surface area (Å²) in [7, 11) is 15.1. The molecule has 0 radical (unpaired) electrons. The third-order valence-corrected chi connectivity index (χ3v) is 24.2. The first-order valence-corrected chi connectivity index (χ1v) is 26.1. The van der Waals surface area contributed by atoms with E-state index in [4.69, 9.17) is 17.0 Å². The SMILES string of the molecule is CC1=Cc2c(ccc(C(C)C)c2-c2cc(C(C)(C)C)cc(C(C)(C)C)c2)[CH]1[Zr]([Cl])([Cl])[c]1cccc2c1[SiH2]c1ccccc1-2. The van der Waals surface area contributed by atoms with Gasteiger partial charge in [-0.15, -0.1) is 0 Å². The van der Waals surface area contributed by atoms with E-state index in [1.54, 1.807) is 0 Å². The van der Waals surface area contributed by atoms with Gasteiger partial charge in [-0.05, 0) is 0 Å². The molecule has 0 saturated carbocycles. The number of fused-ring (bicyclic) bond motifs is 4. The zero-order chi connectivity index (χ0) is 31.1. The molecule has 2 aliphatic rings. The van der Waals surface area contributed by atoms with Crippen molar-refractivity contribution in [2.75, 3.05) is 0 Å². The average molecular weight is 703 g/mol. The number of hydrogen-bond donors (Lipinski definition) is 0. The zero-order valence-electron chi connectivity index (χ0n) is 27.1. The Kier molecular flexibility index (Phi) is 7.99. The molecule has 1 aliphatic heterocycles. The van der Waals surface area contributed by atoms with Gasteiger partial charge in [-0.25, -0.2) is 0 Å². The van der Waals surface area contributed by atoms with E-state index in [9.17, 15) is 0 Å². The van der Waals surface area contributed by atoms with Crippen molar-refractivity contribution in [3.05, 3.63) is 106 Å². The van der Waals surface area contributed by atoms with Gasteiger partial charge in [0.1, 0.15) is 0 Å². The van der Waals surface area contributed by atoms with Crippen LogP contribution in [-0.2, 0) is 28.7 Å². The van der Waals surface area contributed by atoms with Crippen LogP contribution in [0, 0.1) is 0 Å². The number of allylic oxidation sites excluding steroid dienone is 1. The zero-order valence-corrected chi connectivity index (χ0v) is 32.5. The van der Waals surface area contributed by atoms with Crippen LogP contribution in [0.2, 0.25) is 0 Å². The van der Waals surface area contributed by atoms with Crippen LogP contribution < -0.4 is 13.6 Å². The van der Waals surface area contributed by atoms with Crippen LogP contribution in [-0.4, -0.2) is 9.52 Å². The van der Waals surface area contributed by atoms with Crippen molar-refractivity contribution < 1.29 is 17.9 Å². The topological polar surface area (TPSA) is 0 Å². The Morgan fingerprint density at radius 2 is 1.40 bits per heavy atom. The minimum absolute atomic E-state index is 0.0489. The van der Waals surface area contributed by atoms with E-state index in [1.165, 1.54) is 69.3 Å². The monoisotopic (exact) mass is 700 g/mol. The van der Waals surface area contributed by atoms with Crippen molar-refractivity contribution in [3.63, 3.8) is 0 Å². The van der Waals surface area contributed by atoms with Crippen LogP contribution in [0.5, 0.6) is 0 Å². The Labute approximate surface area is 273 Å². The van der Waals surface area contributed by atoms with Gasteiger partial charge in [-0.3, -0.25) is 0 Å². The van der Waals surface area contributed by atoms with Gasteiger partial charge >= 0.3 is 275 Å². The van der Waals surface area contributed by atoms with E-state index in [0.717, 1.165) is 0 Å². The van der Waals surface area contributed by atoms with E-state index in [0.29, 0.717) is 5.92 Å². The summed E-state index contributed by atoms with van der Waals surface area (Å²) in [4.78, 5) is 0. The molecule has 4 aromatic carbocycles. The number of rotatable bonds is 4. The normalized spacial score (nSPS) is 16.8. The molecule has 4 heteroatoms. The third-order valence-electron chi connectivity index (χ3n) is 9.60. The molecule has 222 valence electrons. The first-order chi connectivity index (χ1) is 20.1. The molecule has 0 spiro atoms. The second kappa shape index (κ2) is 11.0. The van der Waals surface area contributed by atoms with Gasteiger partial charge in [0, 0.05) is 0 Å². The van der Waals surface area contributed by atoms with Gasteiger partial charge in [0.05, 0.1) is 0 Å². The van der Waals surface area contributed by atoms with Crippen LogP contribution >= 0.6 is 17.0 Å². The maximum atomic E-state index is 7.84. The van der Waals surface area contributed by atoms with Gasteiger partial charge in [0.25, 0.3) is 0 Å². The molecule has 1 heterocycles. The van der Waals surface area contributed by atoms with Crippen molar-refractivity contribution >= 4 is 46.3 Å². The summed E-state index contributed by atoms with van der Waals surface area (Å²) in [5.41, 5.74) is 13.7. The van der Waals surface area contributed by atoms with E-state index < -0.39 is 27.4 Å². The number of halogens is 2. The fourth-order valence-electron chi connectivity index (χ4n) is 7.16. The van der Waals surface area contributed by atoms with Crippen molar-refractivity contribution in [1.29, 1.82) is 0 Å². The summed E-state index contributed by atoms with van der Waals surface area (Å²) >= 11 is -3.98. The van der Waals surface area contributed by atoms with Crippen LogP contribution in [0.4, 0.5) is 0 Å². The van der Waals surface area contributed by atoms with E-state index in [2.05, 4.69) is 141 Å². The standard InChI is InChI=1S/C27H35.C12H9Si.2ClH.Zr/c1-17(2)23-11-10-19-12-18(3)13-24(19)25(23)20-14-21(26(4,5)6)16-22(15-20)27(7,8)9;1-3-7-11-9(5-1)10-6-2-4-8-12(10)13-11;;;/h10-17H,1-9H3;1-7H,13H2;2*1H;/q;;;;+2/p-2. The Morgan fingerprint density at radius 3 is 2.02 bits per heavy atom. The molecule has 0 saturated heterocycles. The van der Waals surface area contributed by atoms with Crippen molar-refractivity contribution in [2.45, 2.75) is 82.7 Å². The molecule has 6 rings (SSSR count). The Bertz CT molecular complexity index is 1750. The molecular formula is C39H44Cl2SiZr. The summed E-state index contributed by atoms with van der Waals surface area (Å²) in [6.45, 7) is 20.8. The van der Waals surface area contributed by atoms with E-state index in [1.807, 2.05) is 0 Å². The molecule has 0 aromatic heterocycles. The van der Waals surface area contributed by atoms with E-state index >= 15 is 0 Å². The number of hydrogen-bond acceptors (Lipinski definition) is 0. The van der Waals surface area contributed by atoms with Crippen LogP contribution in [0.15, 0.2) is 78.4 Å². The van der Waals surface area contributed by atoms with Crippen molar-refractivity contribution in [3.8, 4) is 22.3 Å². The molecule has 1 aliphatic carbocycles. The predicted molar refractivity (Wildman–Crippen MR) is 191 cm³/mol. The first-order valence-electron chi connectivity index (χ1n) is 15.7. The molecule has 43 heavy (non-hydrogen) atoms. The van der Waals surface area contributed by atoms with Crippen LogP contribution in [0.1, 0.15) is 99.7 Å². The maximum absolute atomic E-state index is 7.84. The summed E-state index contributed by atoms with van der Waals surface area (Å²) in [6.07, 6.45) is 2.42. The van der Waals surface area contributed by atoms with Crippen LogP contribution in [0.25, 0.3) is 28.3 Å². The molecule has 0 nitrogen and oxygen atoms in total. The first kappa shape index (κ1) is 31.3. The van der Waals surface area contributed by atoms with Crippen molar-refractivity contribution in [1.82, 2.24) is 0 Å². The average Bonchev–Trinajstić information content (AvgIpc) is 3.48. The van der Waals surface area contributed by atoms with Gasteiger partial charge in [-0.2, -0.15) is 0 Å². The summed E-state index contributed by atoms with van der Waals surface area (Å²) in [5.74, 6) is 0.395. The second-order valence-corrected chi connectivity index (χ2v) is 30.9. The van der Waals surface area contributed by atoms with Crippen LogP contribution in [0.3, 0.4) is 0 Å². The Balaban J connectivity index is 1.55. The molecule has 4 aromatic rings. The molecule has 0 bridgehead atoms.